The van der Waals surface area contributed by atoms with Gasteiger partial charge >= 0.3 is 0 Å². The first kappa shape index (κ1) is 21.5. The molecule has 2 aromatic rings. The number of nitrogens with one attached hydrogen (secondary N) is 3. The molecule has 5 nitrogen and oxygen atoms in total. The maximum Gasteiger partial charge on any atom is 0.227 e. The SMILES string of the molecule is CCCCNc1ccc(NC(=O)CCOc2ccccc2)cc1.CNC. The highest BCUT2D eigenvalue weighted by Gasteiger charge is 2.03. The van der Waals surface area contributed by atoms with Gasteiger partial charge in [0.2, 0.25) is 5.91 Å². The molecule has 0 saturated carbocycles. The highest BCUT2D eigenvalue weighted by molar-refractivity contribution is 5.90. The molecule has 0 aliphatic rings. The average Bonchev–Trinajstić information content (AvgIpc) is 2.65. The Labute approximate surface area is 157 Å². The topological polar surface area (TPSA) is 62.4 Å². The number of carbonyl (C=O) groups is 1. The van der Waals surface area contributed by atoms with Gasteiger partial charge in [0, 0.05) is 17.9 Å². The Hall–Kier alpha value is -2.53. The Morgan fingerprint density at radius 1 is 0.962 bits per heavy atom. The standard InChI is InChI=1S/C19H24N2O2.C2H7N/c1-2-3-14-20-16-9-11-17(12-10-16)21-19(22)13-15-23-18-7-5-4-6-8-18;1-3-2/h4-12,20H,2-3,13-15H2,1H3,(H,21,22);3H,1-2H3. The number of amides is 1. The van der Waals surface area contributed by atoms with E-state index in [9.17, 15) is 4.79 Å². The summed E-state index contributed by atoms with van der Waals surface area (Å²) in [5.74, 6) is 0.732. The molecule has 0 unspecified atom stereocenters. The number of hydrogen-bond acceptors (Lipinski definition) is 4. The van der Waals surface area contributed by atoms with E-state index in [1.165, 1.54) is 6.42 Å². The van der Waals surface area contributed by atoms with Gasteiger partial charge in [-0.25, -0.2) is 0 Å². The zero-order valence-electron chi connectivity index (χ0n) is 16.0. The fourth-order valence-electron chi connectivity index (χ4n) is 2.08. The number of hydrogen-bond donors (Lipinski definition) is 3. The van der Waals surface area contributed by atoms with E-state index < -0.39 is 0 Å². The van der Waals surface area contributed by atoms with Crippen molar-refractivity contribution < 1.29 is 9.53 Å². The van der Waals surface area contributed by atoms with Crippen LogP contribution in [0, 0.1) is 0 Å². The number of benzene rings is 2. The van der Waals surface area contributed by atoms with Crippen molar-refractivity contribution in [1.29, 1.82) is 0 Å². The van der Waals surface area contributed by atoms with E-state index in [4.69, 9.17) is 4.74 Å². The normalized spacial score (nSPS) is 9.65. The Balaban J connectivity index is 0.00000105. The number of ether oxygens (including phenoxy) is 1. The summed E-state index contributed by atoms with van der Waals surface area (Å²) in [7, 11) is 3.75. The molecule has 0 radical (unpaired) electrons. The molecule has 0 aliphatic heterocycles. The van der Waals surface area contributed by atoms with Gasteiger partial charge in [-0.05, 0) is 56.9 Å². The lowest BCUT2D eigenvalue weighted by Crippen LogP contribution is -2.15. The molecule has 2 rings (SSSR count). The van der Waals surface area contributed by atoms with Gasteiger partial charge in [0.05, 0.1) is 13.0 Å². The molecule has 2 aromatic carbocycles. The minimum Gasteiger partial charge on any atom is -0.493 e. The van der Waals surface area contributed by atoms with Gasteiger partial charge in [-0.15, -0.1) is 0 Å². The fraction of sp³-hybridized carbons (Fsp3) is 0.381. The number of anilines is 2. The Bertz CT molecular complexity index is 600. The molecule has 0 heterocycles. The maximum absolute atomic E-state index is 11.9. The molecular weight excluding hydrogens is 326 g/mol. The lowest BCUT2D eigenvalue weighted by atomic mass is 10.2. The van der Waals surface area contributed by atoms with E-state index in [0.717, 1.165) is 30.1 Å². The van der Waals surface area contributed by atoms with Gasteiger partial charge < -0.3 is 20.7 Å². The molecule has 26 heavy (non-hydrogen) atoms. The van der Waals surface area contributed by atoms with E-state index in [1.54, 1.807) is 0 Å². The fourth-order valence-corrected chi connectivity index (χ4v) is 2.08. The van der Waals surface area contributed by atoms with Crippen LogP contribution in [0.5, 0.6) is 5.75 Å². The third-order valence-electron chi connectivity index (χ3n) is 3.37. The molecule has 0 aromatic heterocycles. The van der Waals surface area contributed by atoms with Crippen molar-refractivity contribution in [3.63, 3.8) is 0 Å². The summed E-state index contributed by atoms with van der Waals surface area (Å²) >= 11 is 0. The van der Waals surface area contributed by atoms with E-state index >= 15 is 0 Å². The van der Waals surface area contributed by atoms with Crippen LogP contribution in [0.1, 0.15) is 26.2 Å². The maximum atomic E-state index is 11.9. The van der Waals surface area contributed by atoms with Crippen molar-refractivity contribution in [3.8, 4) is 5.75 Å². The van der Waals surface area contributed by atoms with E-state index in [0.29, 0.717) is 13.0 Å². The summed E-state index contributed by atoms with van der Waals surface area (Å²) in [5.41, 5.74) is 1.87. The van der Waals surface area contributed by atoms with Gasteiger partial charge in [-0.1, -0.05) is 31.5 Å². The predicted molar refractivity (Wildman–Crippen MR) is 110 cm³/mol. The van der Waals surface area contributed by atoms with Crippen LogP contribution in [0.15, 0.2) is 54.6 Å². The van der Waals surface area contributed by atoms with E-state index in [-0.39, 0.29) is 5.91 Å². The molecule has 0 aliphatic carbocycles. The van der Waals surface area contributed by atoms with Gasteiger partial charge in [0.25, 0.3) is 0 Å². The zero-order chi connectivity index (χ0) is 19.0. The monoisotopic (exact) mass is 357 g/mol. The summed E-state index contributed by atoms with van der Waals surface area (Å²) in [5, 5.41) is 8.97. The minimum absolute atomic E-state index is 0.0485. The first-order valence-corrected chi connectivity index (χ1v) is 9.09. The summed E-state index contributed by atoms with van der Waals surface area (Å²) in [6, 6.07) is 17.3. The predicted octanol–water partition coefficient (Wildman–Crippen LogP) is 4.14. The van der Waals surface area contributed by atoms with Gasteiger partial charge in [0.1, 0.15) is 5.75 Å². The molecule has 0 saturated heterocycles. The number of carbonyl (C=O) groups excluding carboxylic acids is 1. The summed E-state index contributed by atoms with van der Waals surface area (Å²) in [6.45, 7) is 3.51. The van der Waals surface area contributed by atoms with Crippen LogP contribution in [0.3, 0.4) is 0 Å². The quantitative estimate of drug-likeness (QED) is 0.590. The molecule has 0 bridgehead atoms. The molecule has 142 valence electrons. The van der Waals surface area contributed by atoms with Gasteiger partial charge in [-0.3, -0.25) is 4.79 Å². The Kier molecular flexibility index (Phi) is 11.4. The van der Waals surface area contributed by atoms with Crippen LogP contribution in [0.4, 0.5) is 11.4 Å². The minimum atomic E-state index is -0.0485. The van der Waals surface area contributed by atoms with Crippen LogP contribution in [-0.4, -0.2) is 33.2 Å². The molecule has 0 atom stereocenters. The second kappa shape index (κ2) is 13.7. The Morgan fingerprint density at radius 2 is 1.58 bits per heavy atom. The zero-order valence-corrected chi connectivity index (χ0v) is 16.0. The molecule has 3 N–H and O–H groups in total. The van der Waals surface area contributed by atoms with Crippen LogP contribution >= 0.6 is 0 Å². The van der Waals surface area contributed by atoms with Gasteiger partial charge in [0.15, 0.2) is 0 Å². The third kappa shape index (κ3) is 9.69. The van der Waals surface area contributed by atoms with Crippen molar-refractivity contribution in [2.45, 2.75) is 26.2 Å². The van der Waals surface area contributed by atoms with Gasteiger partial charge in [-0.2, -0.15) is 0 Å². The van der Waals surface area contributed by atoms with Crippen molar-refractivity contribution in [3.05, 3.63) is 54.6 Å². The first-order chi connectivity index (χ1) is 12.7. The largest absolute Gasteiger partial charge is 0.493 e. The van der Waals surface area contributed by atoms with Crippen LogP contribution in [-0.2, 0) is 4.79 Å². The molecule has 0 fully saturated rings. The van der Waals surface area contributed by atoms with Crippen molar-refractivity contribution >= 4 is 17.3 Å². The molecular formula is C21H31N3O2. The Morgan fingerprint density at radius 3 is 2.19 bits per heavy atom. The van der Waals surface area contributed by atoms with Crippen LogP contribution in [0.2, 0.25) is 0 Å². The second-order valence-electron chi connectivity index (χ2n) is 5.82. The lowest BCUT2D eigenvalue weighted by molar-refractivity contribution is -0.116. The molecule has 5 heteroatoms. The van der Waals surface area contributed by atoms with E-state index in [2.05, 4.69) is 22.9 Å². The van der Waals surface area contributed by atoms with Crippen molar-refractivity contribution in [2.75, 3.05) is 37.9 Å². The summed E-state index contributed by atoms with van der Waals surface area (Å²) < 4.78 is 5.52. The smallest absolute Gasteiger partial charge is 0.227 e. The highest BCUT2D eigenvalue weighted by atomic mass is 16.5. The number of para-hydroxylation sites is 1. The number of unbranched alkanes of at least 4 members (excludes halogenated alkanes) is 1. The summed E-state index contributed by atoms with van der Waals surface area (Å²) in [6.07, 6.45) is 2.65. The van der Waals surface area contributed by atoms with Crippen LogP contribution < -0.4 is 20.7 Å². The van der Waals surface area contributed by atoms with Crippen molar-refractivity contribution in [2.24, 2.45) is 0 Å². The average molecular weight is 357 g/mol. The second-order valence-corrected chi connectivity index (χ2v) is 5.82. The van der Waals surface area contributed by atoms with Crippen LogP contribution in [0.25, 0.3) is 0 Å². The number of rotatable bonds is 9. The highest BCUT2D eigenvalue weighted by Crippen LogP contribution is 2.14. The first-order valence-electron chi connectivity index (χ1n) is 9.09. The van der Waals surface area contributed by atoms with Crippen molar-refractivity contribution in [1.82, 2.24) is 5.32 Å². The molecule has 0 spiro atoms. The van der Waals surface area contributed by atoms with E-state index in [1.807, 2.05) is 68.7 Å². The lowest BCUT2D eigenvalue weighted by Gasteiger charge is -2.09. The summed E-state index contributed by atoms with van der Waals surface area (Å²) in [4.78, 5) is 11.9. The molecule has 1 amide bonds. The third-order valence-corrected chi connectivity index (χ3v) is 3.37.